The highest BCUT2D eigenvalue weighted by molar-refractivity contribution is 5.94. The van der Waals surface area contributed by atoms with Crippen molar-refractivity contribution >= 4 is 16.7 Å². The predicted octanol–water partition coefficient (Wildman–Crippen LogP) is 3.48. The number of methoxy groups -OCH3 is 2. The van der Waals surface area contributed by atoms with Crippen LogP contribution in [0.1, 0.15) is 11.4 Å². The lowest BCUT2D eigenvalue weighted by Crippen LogP contribution is -2.22. The fourth-order valence-electron chi connectivity index (χ4n) is 3.86. The van der Waals surface area contributed by atoms with E-state index >= 15 is 0 Å². The molecule has 8 heteroatoms. The second-order valence-corrected chi connectivity index (χ2v) is 7.39. The Kier molecular flexibility index (Phi) is 4.82. The SMILES string of the molecule is COc1ccc(Cn2ccc3nc4nc(C)nn4c(-c4ccccc4OC)c3c2=O)cc1. The topological polar surface area (TPSA) is 83.5 Å². The molecule has 5 rings (SSSR count). The minimum Gasteiger partial charge on any atom is -0.497 e. The Hall–Kier alpha value is -4.20. The third-order valence-electron chi connectivity index (χ3n) is 5.38. The van der Waals surface area contributed by atoms with E-state index in [4.69, 9.17) is 9.47 Å². The van der Waals surface area contributed by atoms with Gasteiger partial charge in [-0.15, -0.1) is 5.10 Å². The summed E-state index contributed by atoms with van der Waals surface area (Å²) in [5, 5.41) is 4.98. The van der Waals surface area contributed by atoms with Gasteiger partial charge in [0.15, 0.2) is 0 Å². The molecular formula is C24H21N5O3. The first kappa shape index (κ1) is 19.7. The van der Waals surface area contributed by atoms with Gasteiger partial charge in [-0.1, -0.05) is 24.3 Å². The maximum absolute atomic E-state index is 13.7. The normalized spacial score (nSPS) is 11.2. The zero-order chi connectivity index (χ0) is 22.2. The molecule has 0 aliphatic carbocycles. The number of rotatable bonds is 5. The summed E-state index contributed by atoms with van der Waals surface area (Å²) < 4.78 is 14.1. The number of aryl methyl sites for hydroxylation is 1. The van der Waals surface area contributed by atoms with Gasteiger partial charge in [0.2, 0.25) is 0 Å². The van der Waals surface area contributed by atoms with Crippen LogP contribution < -0.4 is 15.0 Å². The number of nitrogens with zero attached hydrogens (tertiary/aromatic N) is 5. The van der Waals surface area contributed by atoms with Gasteiger partial charge in [0.05, 0.1) is 37.4 Å². The van der Waals surface area contributed by atoms with Crippen LogP contribution in [0, 0.1) is 6.92 Å². The molecule has 0 amide bonds. The molecule has 2 aromatic carbocycles. The van der Waals surface area contributed by atoms with E-state index in [0.29, 0.717) is 40.5 Å². The van der Waals surface area contributed by atoms with Crippen molar-refractivity contribution in [3.8, 4) is 22.8 Å². The highest BCUT2D eigenvalue weighted by Gasteiger charge is 2.20. The average molecular weight is 427 g/mol. The van der Waals surface area contributed by atoms with E-state index in [9.17, 15) is 4.79 Å². The molecule has 0 spiro atoms. The van der Waals surface area contributed by atoms with Gasteiger partial charge in [-0.05, 0) is 42.8 Å². The van der Waals surface area contributed by atoms with Gasteiger partial charge in [0.25, 0.3) is 11.3 Å². The van der Waals surface area contributed by atoms with E-state index in [-0.39, 0.29) is 5.56 Å². The molecule has 0 N–H and O–H groups in total. The van der Waals surface area contributed by atoms with Gasteiger partial charge in [-0.25, -0.2) is 4.98 Å². The maximum atomic E-state index is 13.7. The Morgan fingerprint density at radius 3 is 2.47 bits per heavy atom. The lowest BCUT2D eigenvalue weighted by molar-refractivity contribution is 0.414. The summed E-state index contributed by atoms with van der Waals surface area (Å²) in [7, 11) is 3.23. The monoisotopic (exact) mass is 427 g/mol. The first-order valence-electron chi connectivity index (χ1n) is 10.1. The number of fused-ring (bicyclic) bond motifs is 2. The van der Waals surface area contributed by atoms with Gasteiger partial charge >= 0.3 is 0 Å². The molecule has 0 saturated heterocycles. The van der Waals surface area contributed by atoms with Crippen LogP contribution in [0.2, 0.25) is 0 Å². The summed E-state index contributed by atoms with van der Waals surface area (Å²) in [4.78, 5) is 22.7. The fourth-order valence-corrected chi connectivity index (χ4v) is 3.86. The van der Waals surface area contributed by atoms with Crippen LogP contribution in [0.25, 0.3) is 27.9 Å². The number of benzene rings is 2. The fraction of sp³-hybridized carbons (Fsp3) is 0.167. The Bertz CT molecular complexity index is 1500. The third-order valence-corrected chi connectivity index (χ3v) is 5.38. The molecule has 3 aromatic heterocycles. The number of hydrogen-bond acceptors (Lipinski definition) is 6. The summed E-state index contributed by atoms with van der Waals surface area (Å²) in [5.74, 6) is 2.41. The van der Waals surface area contributed by atoms with Crippen LogP contribution in [0.4, 0.5) is 0 Å². The number of ether oxygens (including phenoxy) is 2. The van der Waals surface area contributed by atoms with Crippen LogP contribution >= 0.6 is 0 Å². The molecule has 0 radical (unpaired) electrons. The van der Waals surface area contributed by atoms with E-state index in [1.54, 1.807) is 36.4 Å². The van der Waals surface area contributed by atoms with E-state index < -0.39 is 0 Å². The summed E-state index contributed by atoms with van der Waals surface area (Å²) >= 11 is 0. The van der Waals surface area contributed by atoms with Crippen LogP contribution in [0.15, 0.2) is 65.6 Å². The molecule has 32 heavy (non-hydrogen) atoms. The first-order valence-corrected chi connectivity index (χ1v) is 10.1. The number of pyridine rings is 1. The van der Waals surface area contributed by atoms with Gasteiger partial charge in [0.1, 0.15) is 17.3 Å². The first-order chi connectivity index (χ1) is 15.6. The molecule has 0 aliphatic heterocycles. The Labute approximate surface area is 183 Å². The predicted molar refractivity (Wildman–Crippen MR) is 121 cm³/mol. The molecule has 3 heterocycles. The lowest BCUT2D eigenvalue weighted by atomic mass is 10.1. The molecule has 0 saturated carbocycles. The van der Waals surface area contributed by atoms with E-state index in [1.807, 2.05) is 54.6 Å². The van der Waals surface area contributed by atoms with Gasteiger partial charge < -0.3 is 14.0 Å². The summed E-state index contributed by atoms with van der Waals surface area (Å²) in [6, 6.07) is 17.0. The largest absolute Gasteiger partial charge is 0.497 e. The molecule has 0 aliphatic rings. The van der Waals surface area contributed by atoms with Crippen molar-refractivity contribution < 1.29 is 9.47 Å². The van der Waals surface area contributed by atoms with Crippen molar-refractivity contribution in [1.82, 2.24) is 24.1 Å². The highest BCUT2D eigenvalue weighted by atomic mass is 16.5. The van der Waals surface area contributed by atoms with E-state index in [2.05, 4.69) is 15.1 Å². The van der Waals surface area contributed by atoms with Crippen molar-refractivity contribution in [2.75, 3.05) is 14.2 Å². The smallest absolute Gasteiger partial charge is 0.262 e. The molecule has 0 fully saturated rings. The van der Waals surface area contributed by atoms with Crippen LogP contribution in [0.3, 0.4) is 0 Å². The zero-order valence-electron chi connectivity index (χ0n) is 17.9. The average Bonchev–Trinajstić information content (AvgIpc) is 3.19. The molecule has 160 valence electrons. The molecule has 0 atom stereocenters. The van der Waals surface area contributed by atoms with E-state index in [1.165, 1.54) is 0 Å². The van der Waals surface area contributed by atoms with Crippen LogP contribution in [-0.2, 0) is 6.54 Å². The van der Waals surface area contributed by atoms with Crippen molar-refractivity contribution in [1.29, 1.82) is 0 Å². The molecule has 0 bridgehead atoms. The molecular weight excluding hydrogens is 406 g/mol. The summed E-state index contributed by atoms with van der Waals surface area (Å²) in [6.45, 7) is 2.21. The van der Waals surface area contributed by atoms with Gasteiger partial charge in [-0.2, -0.15) is 9.50 Å². The number of hydrogen-bond donors (Lipinski definition) is 0. The lowest BCUT2D eigenvalue weighted by Gasteiger charge is -2.14. The van der Waals surface area contributed by atoms with Gasteiger partial charge in [0, 0.05) is 11.8 Å². The Morgan fingerprint density at radius 1 is 0.938 bits per heavy atom. The van der Waals surface area contributed by atoms with E-state index in [0.717, 1.165) is 16.9 Å². The Balaban J connectivity index is 1.78. The molecule has 5 aromatic rings. The molecule has 0 unspecified atom stereocenters. The second-order valence-electron chi connectivity index (χ2n) is 7.39. The van der Waals surface area contributed by atoms with Crippen molar-refractivity contribution in [3.05, 3.63) is 82.5 Å². The molecule has 8 nitrogen and oxygen atoms in total. The quantitative estimate of drug-likeness (QED) is 0.427. The minimum atomic E-state index is -0.165. The Morgan fingerprint density at radius 2 is 1.72 bits per heavy atom. The summed E-state index contributed by atoms with van der Waals surface area (Å²) in [5.41, 5.74) is 2.73. The van der Waals surface area contributed by atoms with Gasteiger partial charge in [-0.3, -0.25) is 4.79 Å². The summed E-state index contributed by atoms with van der Waals surface area (Å²) in [6.07, 6.45) is 1.76. The third kappa shape index (κ3) is 3.26. The standard InChI is InChI=1S/C24H21N5O3/c1-15-25-24-26-19-12-13-28(14-16-8-10-17(31-2)11-9-16)23(30)21(19)22(29(24)27-15)18-6-4-5-7-20(18)32-3/h4-13H,14H2,1-3H3. The minimum absolute atomic E-state index is 0.165. The number of para-hydroxylation sites is 1. The second kappa shape index (κ2) is 7.81. The van der Waals surface area contributed by atoms with Crippen molar-refractivity contribution in [2.24, 2.45) is 0 Å². The van der Waals surface area contributed by atoms with Crippen LogP contribution in [0.5, 0.6) is 11.5 Å². The van der Waals surface area contributed by atoms with Crippen molar-refractivity contribution in [3.63, 3.8) is 0 Å². The highest BCUT2D eigenvalue weighted by Crippen LogP contribution is 2.33. The number of aromatic nitrogens is 5. The zero-order valence-corrected chi connectivity index (χ0v) is 17.9. The van der Waals surface area contributed by atoms with Crippen LogP contribution in [-0.4, -0.2) is 38.4 Å². The maximum Gasteiger partial charge on any atom is 0.262 e. The van der Waals surface area contributed by atoms with Crippen molar-refractivity contribution in [2.45, 2.75) is 13.5 Å².